The summed E-state index contributed by atoms with van der Waals surface area (Å²) in [5, 5.41) is 0. The molecule has 2 rings (SSSR count). The largest absolute Gasteiger partial charge is 0.472 e. The van der Waals surface area contributed by atoms with Gasteiger partial charge in [-0.1, -0.05) is 30.3 Å². The summed E-state index contributed by atoms with van der Waals surface area (Å²) in [4.78, 5) is 11.0. The maximum Gasteiger partial charge on any atom is 0.131 e. The summed E-state index contributed by atoms with van der Waals surface area (Å²) >= 11 is 0. The number of carbonyl (C=O) groups is 1. The molecule has 0 aliphatic carbocycles. The standard InChI is InChI=1S/C12H10O2/c13-8-12(11-6-7-14-9-11)10-4-2-1-3-5-10/h1-9,12H. The average Bonchev–Trinajstić information content (AvgIpc) is 2.74. The normalized spacial score (nSPS) is 12.3. The van der Waals surface area contributed by atoms with Gasteiger partial charge in [-0.3, -0.25) is 0 Å². The van der Waals surface area contributed by atoms with Crippen LogP contribution < -0.4 is 0 Å². The highest BCUT2D eigenvalue weighted by Gasteiger charge is 2.13. The predicted molar refractivity (Wildman–Crippen MR) is 53.1 cm³/mol. The first kappa shape index (κ1) is 8.75. The molecule has 2 nitrogen and oxygen atoms in total. The molecule has 1 atom stereocenters. The van der Waals surface area contributed by atoms with Crippen molar-refractivity contribution in [1.29, 1.82) is 0 Å². The molecule has 2 heteroatoms. The molecular weight excluding hydrogens is 176 g/mol. The van der Waals surface area contributed by atoms with Gasteiger partial charge in [-0.15, -0.1) is 0 Å². The van der Waals surface area contributed by atoms with Crippen LogP contribution in [-0.2, 0) is 4.79 Å². The molecule has 0 aliphatic rings. The maximum absolute atomic E-state index is 11.0. The fourth-order valence-corrected chi connectivity index (χ4v) is 1.46. The second-order valence-corrected chi connectivity index (χ2v) is 3.08. The number of benzene rings is 1. The molecule has 0 radical (unpaired) electrons. The summed E-state index contributed by atoms with van der Waals surface area (Å²) in [7, 11) is 0. The van der Waals surface area contributed by atoms with E-state index in [-0.39, 0.29) is 5.92 Å². The Bertz CT molecular complexity index is 390. The van der Waals surface area contributed by atoms with Crippen LogP contribution in [0.1, 0.15) is 17.0 Å². The van der Waals surface area contributed by atoms with E-state index in [2.05, 4.69) is 0 Å². The van der Waals surface area contributed by atoms with Crippen LogP contribution in [0, 0.1) is 0 Å². The van der Waals surface area contributed by atoms with E-state index < -0.39 is 0 Å². The van der Waals surface area contributed by atoms with Gasteiger partial charge in [0.1, 0.15) is 6.29 Å². The minimum absolute atomic E-state index is 0.213. The Hall–Kier alpha value is -1.83. The third-order valence-electron chi connectivity index (χ3n) is 2.20. The average molecular weight is 186 g/mol. The van der Waals surface area contributed by atoms with Crippen molar-refractivity contribution in [3.63, 3.8) is 0 Å². The Morgan fingerprint density at radius 2 is 1.86 bits per heavy atom. The van der Waals surface area contributed by atoms with Crippen LogP contribution in [0.15, 0.2) is 53.3 Å². The lowest BCUT2D eigenvalue weighted by atomic mass is 9.95. The Labute approximate surface area is 82.2 Å². The molecule has 0 saturated heterocycles. The molecule has 0 N–H and O–H groups in total. The number of rotatable bonds is 3. The van der Waals surface area contributed by atoms with Gasteiger partial charge < -0.3 is 9.21 Å². The molecular formula is C12H10O2. The topological polar surface area (TPSA) is 30.2 Å². The van der Waals surface area contributed by atoms with Crippen molar-refractivity contribution in [2.75, 3.05) is 0 Å². The number of hydrogen-bond acceptors (Lipinski definition) is 2. The van der Waals surface area contributed by atoms with Crippen LogP contribution in [0.25, 0.3) is 0 Å². The molecule has 1 heterocycles. The molecule has 1 aromatic heterocycles. The van der Waals surface area contributed by atoms with Gasteiger partial charge in [0.25, 0.3) is 0 Å². The van der Waals surface area contributed by atoms with Crippen LogP contribution in [0.3, 0.4) is 0 Å². The Morgan fingerprint density at radius 3 is 2.43 bits per heavy atom. The predicted octanol–water partition coefficient (Wildman–Crippen LogP) is 2.61. The van der Waals surface area contributed by atoms with E-state index in [1.165, 1.54) is 0 Å². The molecule has 0 spiro atoms. The second kappa shape index (κ2) is 3.92. The Morgan fingerprint density at radius 1 is 1.07 bits per heavy atom. The highest BCUT2D eigenvalue weighted by molar-refractivity contribution is 5.67. The van der Waals surface area contributed by atoms with Gasteiger partial charge >= 0.3 is 0 Å². The van der Waals surface area contributed by atoms with Gasteiger partial charge in [0.2, 0.25) is 0 Å². The van der Waals surface area contributed by atoms with Gasteiger partial charge in [-0.2, -0.15) is 0 Å². The lowest BCUT2D eigenvalue weighted by Gasteiger charge is -2.06. The van der Waals surface area contributed by atoms with Crippen LogP contribution in [0.5, 0.6) is 0 Å². The van der Waals surface area contributed by atoms with Crippen molar-refractivity contribution in [2.24, 2.45) is 0 Å². The zero-order chi connectivity index (χ0) is 9.80. The molecule has 70 valence electrons. The Balaban J connectivity index is 2.36. The van der Waals surface area contributed by atoms with Gasteiger partial charge in [0.15, 0.2) is 0 Å². The smallest absolute Gasteiger partial charge is 0.131 e. The summed E-state index contributed by atoms with van der Waals surface area (Å²) in [5.41, 5.74) is 1.88. The second-order valence-electron chi connectivity index (χ2n) is 3.08. The fourth-order valence-electron chi connectivity index (χ4n) is 1.46. The van der Waals surface area contributed by atoms with E-state index in [1.807, 2.05) is 36.4 Å². The number of carbonyl (C=O) groups excluding carboxylic acids is 1. The van der Waals surface area contributed by atoms with Gasteiger partial charge in [0, 0.05) is 5.56 Å². The molecule has 1 unspecified atom stereocenters. The van der Waals surface area contributed by atoms with Gasteiger partial charge in [0.05, 0.1) is 18.4 Å². The zero-order valence-corrected chi connectivity index (χ0v) is 7.59. The van der Waals surface area contributed by atoms with Gasteiger partial charge in [-0.05, 0) is 11.6 Å². The number of furan rings is 1. The molecule has 14 heavy (non-hydrogen) atoms. The third-order valence-corrected chi connectivity index (χ3v) is 2.20. The van der Waals surface area contributed by atoms with Gasteiger partial charge in [-0.25, -0.2) is 0 Å². The third kappa shape index (κ3) is 1.59. The molecule has 1 aromatic carbocycles. The SMILES string of the molecule is O=CC(c1ccccc1)c1ccoc1. The summed E-state index contributed by atoms with van der Waals surface area (Å²) in [6, 6.07) is 11.5. The fraction of sp³-hybridized carbons (Fsp3) is 0.0833. The molecule has 2 aromatic rings. The first-order valence-electron chi connectivity index (χ1n) is 4.44. The Kier molecular flexibility index (Phi) is 2.45. The quantitative estimate of drug-likeness (QED) is 0.690. The van der Waals surface area contributed by atoms with Crippen LogP contribution >= 0.6 is 0 Å². The lowest BCUT2D eigenvalue weighted by Crippen LogP contribution is -2.00. The molecule has 0 amide bonds. The summed E-state index contributed by atoms with van der Waals surface area (Å²) in [5.74, 6) is -0.213. The first-order valence-corrected chi connectivity index (χ1v) is 4.44. The molecule has 0 bridgehead atoms. The number of aldehydes is 1. The van der Waals surface area contributed by atoms with E-state index in [9.17, 15) is 4.79 Å². The monoisotopic (exact) mass is 186 g/mol. The van der Waals surface area contributed by atoms with E-state index in [0.717, 1.165) is 17.4 Å². The van der Waals surface area contributed by atoms with Crippen LogP contribution in [-0.4, -0.2) is 6.29 Å². The number of hydrogen-bond donors (Lipinski definition) is 0. The van der Waals surface area contributed by atoms with E-state index >= 15 is 0 Å². The first-order chi connectivity index (χ1) is 6.92. The summed E-state index contributed by atoms with van der Waals surface area (Å²) < 4.78 is 4.96. The minimum Gasteiger partial charge on any atom is -0.472 e. The van der Waals surface area contributed by atoms with Crippen molar-refractivity contribution in [2.45, 2.75) is 5.92 Å². The summed E-state index contributed by atoms with van der Waals surface area (Å²) in [6.07, 6.45) is 4.11. The molecule has 0 fully saturated rings. The van der Waals surface area contributed by atoms with Crippen molar-refractivity contribution >= 4 is 6.29 Å². The van der Waals surface area contributed by atoms with Crippen molar-refractivity contribution in [1.82, 2.24) is 0 Å². The van der Waals surface area contributed by atoms with E-state index in [0.29, 0.717) is 0 Å². The zero-order valence-electron chi connectivity index (χ0n) is 7.59. The molecule has 0 aliphatic heterocycles. The summed E-state index contributed by atoms with van der Waals surface area (Å²) in [6.45, 7) is 0. The molecule has 0 saturated carbocycles. The van der Waals surface area contributed by atoms with Crippen molar-refractivity contribution in [3.8, 4) is 0 Å². The lowest BCUT2D eigenvalue weighted by molar-refractivity contribution is -0.108. The van der Waals surface area contributed by atoms with E-state index in [4.69, 9.17) is 4.42 Å². The minimum atomic E-state index is -0.213. The maximum atomic E-state index is 11.0. The van der Waals surface area contributed by atoms with E-state index in [1.54, 1.807) is 12.5 Å². The van der Waals surface area contributed by atoms with Crippen LogP contribution in [0.4, 0.5) is 0 Å². The van der Waals surface area contributed by atoms with Crippen molar-refractivity contribution < 1.29 is 9.21 Å². The highest BCUT2D eigenvalue weighted by atomic mass is 16.3. The highest BCUT2D eigenvalue weighted by Crippen LogP contribution is 2.22. The van der Waals surface area contributed by atoms with Crippen molar-refractivity contribution in [3.05, 3.63) is 60.1 Å². The van der Waals surface area contributed by atoms with Crippen LogP contribution in [0.2, 0.25) is 0 Å².